The normalized spacial score (nSPS) is 17.1. The van der Waals surface area contributed by atoms with Crippen molar-refractivity contribution >= 4 is 6.09 Å². The van der Waals surface area contributed by atoms with E-state index in [1.54, 1.807) is 4.90 Å². The summed E-state index contributed by atoms with van der Waals surface area (Å²) in [6.07, 6.45) is -0.206. The van der Waals surface area contributed by atoms with Crippen LogP contribution in [0.4, 0.5) is 4.79 Å². The quantitative estimate of drug-likeness (QED) is 0.832. The lowest BCUT2D eigenvalue weighted by Crippen LogP contribution is -2.54. The molecule has 1 aromatic rings. The van der Waals surface area contributed by atoms with Crippen LogP contribution in [0.2, 0.25) is 0 Å². The first kappa shape index (κ1) is 14.9. The Bertz CT molecular complexity index is 432. The average molecular weight is 276 g/mol. The molecule has 0 radical (unpaired) electrons. The molecule has 0 unspecified atom stereocenters. The fourth-order valence-corrected chi connectivity index (χ4v) is 2.37. The predicted molar refractivity (Wildman–Crippen MR) is 79.5 cm³/mol. The topological polar surface area (TPSA) is 32.8 Å². The zero-order valence-electron chi connectivity index (χ0n) is 12.6. The van der Waals surface area contributed by atoms with E-state index in [1.165, 1.54) is 0 Å². The van der Waals surface area contributed by atoms with E-state index in [2.05, 4.69) is 25.7 Å². The van der Waals surface area contributed by atoms with Crippen molar-refractivity contribution < 1.29 is 9.53 Å². The van der Waals surface area contributed by atoms with Crippen LogP contribution in [-0.4, -0.2) is 47.6 Å². The van der Waals surface area contributed by atoms with Crippen molar-refractivity contribution in [1.82, 2.24) is 9.80 Å². The highest BCUT2D eigenvalue weighted by Crippen LogP contribution is 2.16. The number of piperazine rings is 1. The fourth-order valence-electron chi connectivity index (χ4n) is 2.37. The van der Waals surface area contributed by atoms with Gasteiger partial charge in [0.05, 0.1) is 0 Å². The van der Waals surface area contributed by atoms with Crippen LogP contribution in [-0.2, 0) is 11.3 Å². The van der Waals surface area contributed by atoms with Gasteiger partial charge in [-0.2, -0.15) is 0 Å². The highest BCUT2D eigenvalue weighted by molar-refractivity contribution is 5.67. The predicted octanol–water partition coefficient (Wildman–Crippen LogP) is 2.74. The largest absolute Gasteiger partial charge is 0.445 e. The second-order valence-electron chi connectivity index (χ2n) is 6.19. The molecule has 0 bridgehead atoms. The van der Waals surface area contributed by atoms with Gasteiger partial charge in [-0.05, 0) is 26.3 Å². The van der Waals surface area contributed by atoms with E-state index < -0.39 is 0 Å². The Morgan fingerprint density at radius 2 is 1.70 bits per heavy atom. The van der Waals surface area contributed by atoms with Gasteiger partial charge in [-0.15, -0.1) is 0 Å². The molecule has 110 valence electrons. The van der Waals surface area contributed by atoms with Crippen LogP contribution < -0.4 is 0 Å². The molecule has 1 fully saturated rings. The van der Waals surface area contributed by atoms with Gasteiger partial charge in [0.25, 0.3) is 0 Å². The molecule has 4 nitrogen and oxygen atoms in total. The van der Waals surface area contributed by atoms with Gasteiger partial charge in [0, 0.05) is 31.7 Å². The number of carbonyl (C=O) groups is 1. The third kappa shape index (κ3) is 3.97. The summed E-state index contributed by atoms with van der Waals surface area (Å²) in [7, 11) is 0. The number of nitrogens with zero attached hydrogens (tertiary/aromatic N) is 2. The maximum atomic E-state index is 12.0. The first-order valence-electron chi connectivity index (χ1n) is 7.17. The molecule has 0 N–H and O–H groups in total. The lowest BCUT2D eigenvalue weighted by Gasteiger charge is -2.41. The number of hydrogen-bond acceptors (Lipinski definition) is 3. The first-order chi connectivity index (χ1) is 9.47. The third-order valence-corrected chi connectivity index (χ3v) is 3.69. The molecule has 0 aliphatic carbocycles. The van der Waals surface area contributed by atoms with Crippen LogP contribution in [0.25, 0.3) is 0 Å². The maximum absolute atomic E-state index is 12.0. The Kier molecular flexibility index (Phi) is 4.65. The zero-order chi connectivity index (χ0) is 14.6. The molecular formula is C16H24N2O2. The highest BCUT2D eigenvalue weighted by atomic mass is 16.6. The van der Waals surface area contributed by atoms with Gasteiger partial charge in [0.15, 0.2) is 0 Å². The van der Waals surface area contributed by atoms with E-state index in [9.17, 15) is 4.79 Å². The van der Waals surface area contributed by atoms with Gasteiger partial charge >= 0.3 is 6.09 Å². The van der Waals surface area contributed by atoms with Crippen LogP contribution in [0.15, 0.2) is 30.3 Å². The van der Waals surface area contributed by atoms with Crippen molar-refractivity contribution in [2.45, 2.75) is 32.9 Å². The molecule has 1 aliphatic heterocycles. The smallest absolute Gasteiger partial charge is 0.410 e. The third-order valence-electron chi connectivity index (χ3n) is 3.69. The number of hydrogen-bond donors (Lipinski definition) is 0. The van der Waals surface area contributed by atoms with Gasteiger partial charge in [-0.3, -0.25) is 4.90 Å². The molecule has 20 heavy (non-hydrogen) atoms. The van der Waals surface area contributed by atoms with Crippen molar-refractivity contribution in [3.63, 3.8) is 0 Å². The number of ether oxygens (including phenoxy) is 1. The Morgan fingerprint density at radius 1 is 1.10 bits per heavy atom. The number of amides is 1. The van der Waals surface area contributed by atoms with E-state index in [1.807, 2.05) is 30.3 Å². The van der Waals surface area contributed by atoms with Crippen molar-refractivity contribution in [2.24, 2.45) is 0 Å². The first-order valence-corrected chi connectivity index (χ1v) is 7.17. The fraction of sp³-hybridized carbons (Fsp3) is 0.562. The van der Waals surface area contributed by atoms with Crippen molar-refractivity contribution in [2.75, 3.05) is 26.2 Å². The lowest BCUT2D eigenvalue weighted by atomic mass is 10.1. The second-order valence-corrected chi connectivity index (χ2v) is 6.19. The summed E-state index contributed by atoms with van der Waals surface area (Å²) in [5, 5.41) is 0. The molecule has 0 aromatic heterocycles. The molecule has 1 amide bonds. The van der Waals surface area contributed by atoms with Gasteiger partial charge in [0.1, 0.15) is 6.61 Å². The molecule has 0 spiro atoms. The summed E-state index contributed by atoms with van der Waals surface area (Å²) in [6.45, 7) is 10.3. The molecule has 1 aromatic carbocycles. The number of carbonyl (C=O) groups excluding carboxylic acids is 1. The highest BCUT2D eigenvalue weighted by Gasteiger charge is 2.28. The summed E-state index contributed by atoms with van der Waals surface area (Å²) < 4.78 is 5.36. The molecule has 2 rings (SSSR count). The van der Waals surface area contributed by atoms with Gasteiger partial charge in [0.2, 0.25) is 0 Å². The van der Waals surface area contributed by atoms with Crippen LogP contribution in [0.1, 0.15) is 26.3 Å². The summed E-state index contributed by atoms with van der Waals surface area (Å²) >= 11 is 0. The number of benzene rings is 1. The molecular weight excluding hydrogens is 252 g/mol. The second kappa shape index (κ2) is 6.27. The minimum atomic E-state index is -0.206. The number of rotatable bonds is 2. The minimum absolute atomic E-state index is 0.167. The molecule has 1 heterocycles. The van der Waals surface area contributed by atoms with Crippen LogP contribution >= 0.6 is 0 Å². The molecule has 0 saturated carbocycles. The summed E-state index contributed by atoms with van der Waals surface area (Å²) in [4.78, 5) is 16.2. The van der Waals surface area contributed by atoms with E-state index in [0.29, 0.717) is 6.61 Å². The monoisotopic (exact) mass is 276 g/mol. The average Bonchev–Trinajstić information content (AvgIpc) is 2.45. The van der Waals surface area contributed by atoms with E-state index in [4.69, 9.17) is 4.74 Å². The summed E-state index contributed by atoms with van der Waals surface area (Å²) in [5.41, 5.74) is 1.19. The zero-order valence-corrected chi connectivity index (χ0v) is 12.6. The van der Waals surface area contributed by atoms with Crippen LogP contribution in [0.3, 0.4) is 0 Å². The van der Waals surface area contributed by atoms with Gasteiger partial charge in [-0.1, -0.05) is 30.3 Å². The Balaban J connectivity index is 1.78. The molecule has 1 saturated heterocycles. The van der Waals surface area contributed by atoms with Crippen LogP contribution in [0, 0.1) is 0 Å². The van der Waals surface area contributed by atoms with Crippen molar-refractivity contribution in [3.05, 3.63) is 35.9 Å². The van der Waals surface area contributed by atoms with Crippen molar-refractivity contribution in [3.8, 4) is 0 Å². The lowest BCUT2D eigenvalue weighted by molar-refractivity contribution is 0.0432. The minimum Gasteiger partial charge on any atom is -0.445 e. The SMILES string of the molecule is CC(C)(C)N1CCN(C(=O)OCc2ccccc2)CC1. The molecule has 0 atom stereocenters. The Morgan fingerprint density at radius 3 is 2.25 bits per heavy atom. The Hall–Kier alpha value is -1.55. The van der Waals surface area contributed by atoms with Gasteiger partial charge < -0.3 is 9.64 Å². The van der Waals surface area contributed by atoms with Crippen molar-refractivity contribution in [1.29, 1.82) is 0 Å². The van der Waals surface area contributed by atoms with Crippen LogP contribution in [0.5, 0.6) is 0 Å². The maximum Gasteiger partial charge on any atom is 0.410 e. The summed E-state index contributed by atoms with van der Waals surface area (Å²) in [6, 6.07) is 9.78. The molecule has 1 aliphatic rings. The Labute approximate surface area is 121 Å². The van der Waals surface area contributed by atoms with Gasteiger partial charge in [-0.25, -0.2) is 4.79 Å². The molecule has 4 heteroatoms. The van der Waals surface area contributed by atoms with E-state index in [0.717, 1.165) is 31.7 Å². The van der Waals surface area contributed by atoms with E-state index in [-0.39, 0.29) is 11.6 Å². The summed E-state index contributed by atoms with van der Waals surface area (Å²) in [5.74, 6) is 0. The van der Waals surface area contributed by atoms with E-state index >= 15 is 0 Å². The standard InChI is InChI=1S/C16H24N2O2/c1-16(2,3)18-11-9-17(10-12-18)15(19)20-13-14-7-5-4-6-8-14/h4-8H,9-13H2,1-3H3.